The lowest BCUT2D eigenvalue weighted by atomic mass is 9.91. The second-order valence-corrected chi connectivity index (χ2v) is 5.94. The van der Waals surface area contributed by atoms with Crippen LogP contribution in [0.5, 0.6) is 0 Å². The summed E-state index contributed by atoms with van der Waals surface area (Å²) in [5.41, 5.74) is -0.753. The van der Waals surface area contributed by atoms with E-state index in [-0.39, 0.29) is 6.04 Å². The van der Waals surface area contributed by atoms with Gasteiger partial charge in [0.1, 0.15) is 5.54 Å². The number of unbranched alkanes of at least 4 members (excludes halogenated alkanes) is 1. The first-order valence-corrected chi connectivity index (χ1v) is 7.12. The summed E-state index contributed by atoms with van der Waals surface area (Å²) < 4.78 is 0. The molecule has 0 spiro atoms. The van der Waals surface area contributed by atoms with Gasteiger partial charge in [0.15, 0.2) is 0 Å². The summed E-state index contributed by atoms with van der Waals surface area (Å²) in [7, 11) is 2.03. The molecule has 0 aromatic carbocycles. The van der Waals surface area contributed by atoms with Gasteiger partial charge in [-0.05, 0) is 52.6 Å². The minimum atomic E-state index is -0.753. The number of hydrogen-bond donors (Lipinski definition) is 2. The molecule has 0 amide bonds. The van der Waals surface area contributed by atoms with Crippen LogP contribution in [0.25, 0.3) is 0 Å². The smallest absolute Gasteiger partial charge is 0.325 e. The first-order valence-electron chi connectivity index (χ1n) is 7.12. The second kappa shape index (κ2) is 6.53. The normalized spacial score (nSPS) is 19.2. The number of aliphatic carboxylic acids is 1. The molecule has 0 aromatic heterocycles. The third-order valence-electron chi connectivity index (χ3n) is 3.61. The first kappa shape index (κ1) is 15.4. The zero-order chi connectivity index (χ0) is 13.8. The van der Waals surface area contributed by atoms with Gasteiger partial charge in [-0.3, -0.25) is 10.1 Å². The van der Waals surface area contributed by atoms with Gasteiger partial charge in [-0.15, -0.1) is 0 Å². The Morgan fingerprint density at radius 3 is 2.50 bits per heavy atom. The van der Waals surface area contributed by atoms with Crippen LogP contribution >= 0.6 is 0 Å². The third-order valence-corrected chi connectivity index (χ3v) is 3.61. The Kier molecular flexibility index (Phi) is 5.60. The number of carboxylic acids is 1. The molecular weight excluding hydrogens is 228 g/mol. The van der Waals surface area contributed by atoms with Crippen LogP contribution in [0.3, 0.4) is 0 Å². The molecule has 1 aliphatic carbocycles. The Bertz CT molecular complexity index is 277. The Hall–Kier alpha value is -0.610. The lowest BCUT2D eigenvalue weighted by Crippen LogP contribution is -2.62. The van der Waals surface area contributed by atoms with E-state index in [9.17, 15) is 9.90 Å². The van der Waals surface area contributed by atoms with Crippen LogP contribution in [0.15, 0.2) is 0 Å². The van der Waals surface area contributed by atoms with Gasteiger partial charge < -0.3 is 10.0 Å². The van der Waals surface area contributed by atoms with E-state index in [0.717, 1.165) is 32.2 Å². The number of nitrogens with one attached hydrogen (secondary N) is 1. The topological polar surface area (TPSA) is 52.6 Å². The van der Waals surface area contributed by atoms with Crippen molar-refractivity contribution < 1.29 is 9.90 Å². The van der Waals surface area contributed by atoms with Gasteiger partial charge >= 0.3 is 5.97 Å². The zero-order valence-electron chi connectivity index (χ0n) is 12.2. The quantitative estimate of drug-likeness (QED) is 0.662. The van der Waals surface area contributed by atoms with E-state index in [0.29, 0.717) is 12.5 Å². The molecule has 0 bridgehead atoms. The SMILES string of the molecule is CCCCN(C)CC(NC(C)C)(C(=O)O)C1CC1. The van der Waals surface area contributed by atoms with Crippen LogP contribution in [0.4, 0.5) is 0 Å². The van der Waals surface area contributed by atoms with Crippen molar-refractivity contribution in [1.82, 2.24) is 10.2 Å². The highest BCUT2D eigenvalue weighted by molar-refractivity contribution is 5.80. The van der Waals surface area contributed by atoms with Crippen LogP contribution in [-0.4, -0.2) is 47.7 Å². The predicted molar refractivity (Wildman–Crippen MR) is 73.8 cm³/mol. The number of nitrogens with zero attached hydrogens (tertiary/aromatic N) is 1. The average molecular weight is 256 g/mol. The van der Waals surface area contributed by atoms with Crippen LogP contribution in [0.2, 0.25) is 0 Å². The molecule has 18 heavy (non-hydrogen) atoms. The predicted octanol–water partition coefficient (Wildman–Crippen LogP) is 1.95. The maximum atomic E-state index is 11.8. The van der Waals surface area contributed by atoms with Crippen molar-refractivity contribution in [3.05, 3.63) is 0 Å². The van der Waals surface area contributed by atoms with Crippen molar-refractivity contribution in [3.63, 3.8) is 0 Å². The first-order chi connectivity index (χ1) is 8.42. The van der Waals surface area contributed by atoms with Gasteiger partial charge in [-0.25, -0.2) is 0 Å². The molecule has 4 heteroatoms. The Morgan fingerprint density at radius 1 is 1.50 bits per heavy atom. The fraction of sp³-hybridized carbons (Fsp3) is 0.929. The molecule has 0 aliphatic heterocycles. The van der Waals surface area contributed by atoms with Crippen LogP contribution < -0.4 is 5.32 Å². The summed E-state index contributed by atoms with van der Waals surface area (Å²) >= 11 is 0. The Balaban J connectivity index is 2.72. The van der Waals surface area contributed by atoms with E-state index in [1.54, 1.807) is 0 Å². The Labute approximate surface area is 111 Å². The maximum Gasteiger partial charge on any atom is 0.325 e. The molecule has 1 unspecified atom stereocenters. The highest BCUT2D eigenvalue weighted by Crippen LogP contribution is 2.40. The fourth-order valence-electron chi connectivity index (χ4n) is 2.62. The van der Waals surface area contributed by atoms with Gasteiger partial charge in [-0.2, -0.15) is 0 Å². The number of hydrogen-bond acceptors (Lipinski definition) is 3. The molecule has 0 aromatic rings. The zero-order valence-corrected chi connectivity index (χ0v) is 12.2. The van der Waals surface area contributed by atoms with E-state index in [1.165, 1.54) is 0 Å². The minimum Gasteiger partial charge on any atom is -0.480 e. The van der Waals surface area contributed by atoms with Crippen LogP contribution in [-0.2, 0) is 4.79 Å². The number of likely N-dealkylation sites (N-methyl/N-ethyl adjacent to an activating group) is 1. The molecule has 4 nitrogen and oxygen atoms in total. The van der Waals surface area contributed by atoms with Crippen LogP contribution in [0, 0.1) is 5.92 Å². The summed E-state index contributed by atoms with van der Waals surface area (Å²) in [4.78, 5) is 13.9. The molecule has 0 saturated heterocycles. The molecule has 0 heterocycles. The van der Waals surface area contributed by atoms with Crippen molar-refractivity contribution in [2.45, 2.75) is 58.0 Å². The van der Waals surface area contributed by atoms with Gasteiger partial charge in [-0.1, -0.05) is 13.3 Å². The molecule has 1 saturated carbocycles. The summed E-state index contributed by atoms with van der Waals surface area (Å²) in [6.07, 6.45) is 4.34. The van der Waals surface area contributed by atoms with E-state index in [4.69, 9.17) is 0 Å². The van der Waals surface area contributed by atoms with Crippen molar-refractivity contribution in [1.29, 1.82) is 0 Å². The maximum absolute atomic E-state index is 11.8. The average Bonchev–Trinajstić information content (AvgIpc) is 3.08. The van der Waals surface area contributed by atoms with E-state index in [1.807, 2.05) is 20.9 Å². The molecule has 1 fully saturated rings. The summed E-state index contributed by atoms with van der Waals surface area (Å²) in [5, 5.41) is 13.0. The van der Waals surface area contributed by atoms with Crippen molar-refractivity contribution in [2.24, 2.45) is 5.92 Å². The monoisotopic (exact) mass is 256 g/mol. The fourth-order valence-corrected chi connectivity index (χ4v) is 2.62. The number of rotatable bonds is 9. The van der Waals surface area contributed by atoms with Crippen molar-refractivity contribution in [3.8, 4) is 0 Å². The molecule has 0 radical (unpaired) electrons. The number of carbonyl (C=O) groups is 1. The highest BCUT2D eigenvalue weighted by Gasteiger charge is 2.51. The molecule has 2 N–H and O–H groups in total. The van der Waals surface area contributed by atoms with Crippen molar-refractivity contribution in [2.75, 3.05) is 20.1 Å². The third kappa shape index (κ3) is 3.95. The molecule has 1 aliphatic rings. The van der Waals surface area contributed by atoms with Gasteiger partial charge in [0, 0.05) is 12.6 Å². The van der Waals surface area contributed by atoms with Crippen molar-refractivity contribution >= 4 is 5.97 Å². The minimum absolute atomic E-state index is 0.196. The standard InChI is InChI=1S/C14H28N2O2/c1-5-6-9-16(4)10-14(13(17)18,12-7-8-12)15-11(2)3/h11-12,15H,5-10H2,1-4H3,(H,17,18). The van der Waals surface area contributed by atoms with E-state index >= 15 is 0 Å². The summed E-state index contributed by atoms with van der Waals surface area (Å²) in [6, 6.07) is 0.196. The molecular formula is C14H28N2O2. The summed E-state index contributed by atoms with van der Waals surface area (Å²) in [5.74, 6) is -0.400. The summed E-state index contributed by atoms with van der Waals surface area (Å²) in [6.45, 7) is 7.77. The van der Waals surface area contributed by atoms with E-state index in [2.05, 4.69) is 17.1 Å². The largest absolute Gasteiger partial charge is 0.480 e. The highest BCUT2D eigenvalue weighted by atomic mass is 16.4. The van der Waals surface area contributed by atoms with Gasteiger partial charge in [0.2, 0.25) is 0 Å². The lowest BCUT2D eigenvalue weighted by molar-refractivity contribution is -0.147. The lowest BCUT2D eigenvalue weighted by Gasteiger charge is -2.36. The second-order valence-electron chi connectivity index (χ2n) is 5.94. The molecule has 1 rings (SSSR count). The molecule has 106 valence electrons. The van der Waals surface area contributed by atoms with Gasteiger partial charge in [0.05, 0.1) is 0 Å². The van der Waals surface area contributed by atoms with Gasteiger partial charge in [0.25, 0.3) is 0 Å². The number of carboxylic acid groups (broad SMARTS) is 1. The van der Waals surface area contributed by atoms with E-state index < -0.39 is 11.5 Å². The molecule has 1 atom stereocenters. The van der Waals surface area contributed by atoms with Crippen LogP contribution in [0.1, 0.15) is 46.5 Å². The Morgan fingerprint density at radius 2 is 2.11 bits per heavy atom.